The van der Waals surface area contributed by atoms with Gasteiger partial charge in [-0.15, -0.1) is 0 Å². The van der Waals surface area contributed by atoms with Gasteiger partial charge < -0.3 is 9.84 Å². The maximum atomic E-state index is 14.9. The summed E-state index contributed by atoms with van der Waals surface area (Å²) in [5, 5.41) is 11.1. The first-order valence-corrected chi connectivity index (χ1v) is 11.5. The molecule has 0 spiro atoms. The summed E-state index contributed by atoms with van der Waals surface area (Å²) in [6.07, 6.45) is 3.05. The second kappa shape index (κ2) is 10.5. The van der Waals surface area contributed by atoms with Crippen molar-refractivity contribution in [3.05, 3.63) is 101 Å². The molecule has 0 aromatic heterocycles. The van der Waals surface area contributed by atoms with Crippen LogP contribution in [0.2, 0.25) is 0 Å². The molecule has 5 nitrogen and oxygen atoms in total. The Morgan fingerprint density at radius 3 is 2.40 bits per heavy atom. The van der Waals surface area contributed by atoms with Crippen LogP contribution in [0.4, 0.5) is 14.5 Å². The van der Waals surface area contributed by atoms with Gasteiger partial charge in [0.1, 0.15) is 23.1 Å². The number of ketones is 1. The molecular formula is C28H25F2NO4. The largest absolute Gasteiger partial charge is 0.507 e. The molecule has 7 heteroatoms. The summed E-state index contributed by atoms with van der Waals surface area (Å²) in [6, 6.07) is 16.0. The lowest BCUT2D eigenvalue weighted by Crippen LogP contribution is -2.30. The smallest absolute Gasteiger partial charge is 0.300 e. The van der Waals surface area contributed by atoms with Crippen molar-refractivity contribution < 1.29 is 28.2 Å². The van der Waals surface area contributed by atoms with Crippen LogP contribution in [0.1, 0.15) is 43.4 Å². The van der Waals surface area contributed by atoms with Crippen LogP contribution in [-0.2, 0) is 9.59 Å². The number of carbonyl (C=O) groups is 2. The van der Waals surface area contributed by atoms with Gasteiger partial charge in [-0.2, -0.15) is 0 Å². The quantitative estimate of drug-likeness (QED) is 0.183. The van der Waals surface area contributed by atoms with Crippen molar-refractivity contribution in [3.8, 4) is 5.75 Å². The summed E-state index contributed by atoms with van der Waals surface area (Å²) in [5.41, 5.74) is 0.0779. The van der Waals surface area contributed by atoms with Crippen molar-refractivity contribution in [1.82, 2.24) is 0 Å². The molecule has 0 radical (unpaired) electrons. The molecule has 1 heterocycles. The maximum absolute atomic E-state index is 14.9. The monoisotopic (exact) mass is 477 g/mol. The van der Waals surface area contributed by atoms with Crippen LogP contribution in [0.3, 0.4) is 0 Å². The molecule has 0 bridgehead atoms. The highest BCUT2D eigenvalue weighted by atomic mass is 19.1. The SMILES string of the molecule is CCCCCOc1ccc(/C(O)=C2\C(=O)C(=O)N(c3cccc(F)c3)C2c2ccccc2F)cc1. The van der Waals surface area contributed by atoms with Gasteiger partial charge in [-0.3, -0.25) is 14.5 Å². The number of aliphatic hydroxyl groups is 1. The highest BCUT2D eigenvalue weighted by Gasteiger charge is 2.47. The number of aliphatic hydroxyl groups excluding tert-OH is 1. The molecule has 180 valence electrons. The third kappa shape index (κ3) is 4.94. The second-order valence-corrected chi connectivity index (χ2v) is 8.25. The molecule has 4 rings (SSSR count). The van der Waals surface area contributed by atoms with Crippen LogP contribution >= 0.6 is 0 Å². The minimum absolute atomic E-state index is 0.00777. The van der Waals surface area contributed by atoms with E-state index in [1.54, 1.807) is 30.3 Å². The first-order chi connectivity index (χ1) is 16.9. The number of carbonyl (C=O) groups excluding carboxylic acids is 2. The number of rotatable bonds is 8. The molecule has 3 aromatic rings. The number of benzene rings is 3. The minimum atomic E-state index is -1.28. The molecule has 1 amide bonds. The lowest BCUT2D eigenvalue weighted by Gasteiger charge is -2.25. The van der Waals surface area contributed by atoms with E-state index in [9.17, 15) is 23.5 Å². The lowest BCUT2D eigenvalue weighted by atomic mass is 9.94. The van der Waals surface area contributed by atoms with Gasteiger partial charge in [-0.25, -0.2) is 8.78 Å². The van der Waals surface area contributed by atoms with E-state index in [0.29, 0.717) is 12.4 Å². The van der Waals surface area contributed by atoms with Crippen LogP contribution < -0.4 is 9.64 Å². The standard InChI is InChI=1S/C28H25F2NO4/c1-2-3-6-16-35-21-14-12-18(13-15-21)26(32)24-25(22-10-4-5-11-23(22)30)31(28(34)27(24)33)20-9-7-8-19(29)17-20/h4-5,7-15,17,25,32H,2-3,6,16H2,1H3/b26-24+. The van der Waals surface area contributed by atoms with E-state index in [1.165, 1.54) is 36.4 Å². The van der Waals surface area contributed by atoms with Crippen LogP contribution in [0.5, 0.6) is 5.75 Å². The summed E-state index contributed by atoms with van der Waals surface area (Å²) in [6.45, 7) is 2.66. The van der Waals surface area contributed by atoms with E-state index in [0.717, 1.165) is 30.2 Å². The normalized spacial score (nSPS) is 17.1. The van der Waals surface area contributed by atoms with Crippen molar-refractivity contribution in [2.75, 3.05) is 11.5 Å². The molecule has 0 aliphatic carbocycles. The van der Waals surface area contributed by atoms with Crippen LogP contribution in [0, 0.1) is 11.6 Å². The van der Waals surface area contributed by atoms with Crippen molar-refractivity contribution in [1.29, 1.82) is 0 Å². The fourth-order valence-corrected chi connectivity index (χ4v) is 4.12. The Balaban J connectivity index is 1.77. The second-order valence-electron chi connectivity index (χ2n) is 8.25. The van der Waals surface area contributed by atoms with E-state index in [-0.39, 0.29) is 22.4 Å². The molecule has 1 saturated heterocycles. The van der Waals surface area contributed by atoms with Gasteiger partial charge in [0.05, 0.1) is 18.2 Å². The van der Waals surface area contributed by atoms with Crippen molar-refractivity contribution >= 4 is 23.1 Å². The summed E-state index contributed by atoms with van der Waals surface area (Å²) >= 11 is 0. The van der Waals surface area contributed by atoms with Gasteiger partial charge in [0.2, 0.25) is 0 Å². The number of ether oxygens (including phenoxy) is 1. The number of anilines is 1. The zero-order chi connectivity index (χ0) is 24.9. The van der Waals surface area contributed by atoms with Crippen molar-refractivity contribution in [3.63, 3.8) is 0 Å². The number of amides is 1. The number of nitrogens with zero attached hydrogens (tertiary/aromatic N) is 1. The predicted octanol–water partition coefficient (Wildman–Crippen LogP) is 6.16. The van der Waals surface area contributed by atoms with Gasteiger partial charge in [0.15, 0.2) is 0 Å². The van der Waals surface area contributed by atoms with E-state index < -0.39 is 35.1 Å². The molecular weight excluding hydrogens is 452 g/mol. The Hall–Kier alpha value is -4.00. The van der Waals surface area contributed by atoms with Crippen molar-refractivity contribution in [2.45, 2.75) is 32.2 Å². The molecule has 0 saturated carbocycles. The third-order valence-corrected chi connectivity index (χ3v) is 5.87. The highest BCUT2D eigenvalue weighted by molar-refractivity contribution is 6.51. The number of halogens is 2. The molecule has 1 aliphatic heterocycles. The van der Waals surface area contributed by atoms with E-state index >= 15 is 0 Å². The summed E-state index contributed by atoms with van der Waals surface area (Å²) < 4.78 is 34.5. The van der Waals surface area contributed by atoms with E-state index in [2.05, 4.69) is 6.92 Å². The Morgan fingerprint density at radius 2 is 1.71 bits per heavy atom. The van der Waals surface area contributed by atoms with Crippen LogP contribution in [0.15, 0.2) is 78.4 Å². The lowest BCUT2D eigenvalue weighted by molar-refractivity contribution is -0.132. The number of hydrogen-bond acceptors (Lipinski definition) is 4. The fourth-order valence-electron chi connectivity index (χ4n) is 4.12. The Bertz CT molecular complexity index is 1270. The summed E-state index contributed by atoms with van der Waals surface area (Å²) in [7, 11) is 0. The molecule has 35 heavy (non-hydrogen) atoms. The first kappa shape index (κ1) is 24.1. The Labute approximate surface area is 202 Å². The number of hydrogen-bond donors (Lipinski definition) is 1. The highest BCUT2D eigenvalue weighted by Crippen LogP contribution is 2.43. The Morgan fingerprint density at radius 1 is 0.971 bits per heavy atom. The fraction of sp³-hybridized carbons (Fsp3) is 0.214. The molecule has 1 atom stereocenters. The molecule has 3 aromatic carbocycles. The van der Waals surface area contributed by atoms with Crippen LogP contribution in [0.25, 0.3) is 5.76 Å². The van der Waals surface area contributed by atoms with Gasteiger partial charge in [-0.05, 0) is 55.0 Å². The van der Waals surface area contributed by atoms with Crippen LogP contribution in [-0.4, -0.2) is 23.4 Å². The third-order valence-electron chi connectivity index (χ3n) is 5.87. The predicted molar refractivity (Wildman–Crippen MR) is 129 cm³/mol. The van der Waals surface area contributed by atoms with Gasteiger partial charge in [0.25, 0.3) is 11.7 Å². The van der Waals surface area contributed by atoms with E-state index in [1.807, 2.05) is 0 Å². The van der Waals surface area contributed by atoms with Gasteiger partial charge in [0, 0.05) is 16.8 Å². The number of unbranched alkanes of at least 4 members (excludes halogenated alkanes) is 2. The molecule has 1 unspecified atom stereocenters. The van der Waals surface area contributed by atoms with Gasteiger partial charge in [-0.1, -0.05) is 44.0 Å². The topological polar surface area (TPSA) is 66.8 Å². The molecule has 1 fully saturated rings. The zero-order valence-corrected chi connectivity index (χ0v) is 19.2. The molecule has 1 N–H and O–H groups in total. The average Bonchev–Trinajstić information content (AvgIpc) is 3.12. The zero-order valence-electron chi connectivity index (χ0n) is 19.2. The summed E-state index contributed by atoms with van der Waals surface area (Å²) in [4.78, 5) is 27.2. The maximum Gasteiger partial charge on any atom is 0.300 e. The van der Waals surface area contributed by atoms with Gasteiger partial charge >= 0.3 is 0 Å². The molecule has 1 aliphatic rings. The van der Waals surface area contributed by atoms with E-state index in [4.69, 9.17) is 4.74 Å². The minimum Gasteiger partial charge on any atom is -0.507 e. The first-order valence-electron chi connectivity index (χ1n) is 11.5. The van der Waals surface area contributed by atoms with Crippen molar-refractivity contribution in [2.24, 2.45) is 0 Å². The summed E-state index contributed by atoms with van der Waals surface area (Å²) in [5.74, 6) is -3.11. The Kier molecular flexibility index (Phi) is 7.25. The average molecular weight is 478 g/mol. The number of Topliss-reactive ketones (excluding diaryl/α,β-unsaturated/α-hetero) is 1.